The molecule has 0 aromatic carbocycles. The van der Waals surface area contributed by atoms with Gasteiger partial charge in [0.1, 0.15) is 0 Å². The Hall–Kier alpha value is -0.600. The van der Waals surface area contributed by atoms with Crippen LogP contribution in [0, 0.1) is 11.3 Å². The van der Waals surface area contributed by atoms with Crippen LogP contribution in [0.2, 0.25) is 5.02 Å². The van der Waals surface area contributed by atoms with Crippen LogP contribution in [0.1, 0.15) is 46.1 Å². The number of aromatic nitrogens is 1. The fraction of sp³-hybridized carbons (Fsp3) is 0.688. The van der Waals surface area contributed by atoms with Crippen LogP contribution < -0.4 is 5.32 Å². The van der Waals surface area contributed by atoms with Crippen molar-refractivity contribution in [2.75, 3.05) is 6.54 Å². The van der Waals surface area contributed by atoms with Gasteiger partial charge in [-0.05, 0) is 63.0 Å². The van der Waals surface area contributed by atoms with Crippen LogP contribution in [0.4, 0.5) is 0 Å². The van der Waals surface area contributed by atoms with Crippen molar-refractivity contribution < 1.29 is 0 Å². The Bertz CT molecular complexity index is 435. The summed E-state index contributed by atoms with van der Waals surface area (Å²) in [4.78, 5) is 4.07. The highest BCUT2D eigenvalue weighted by Crippen LogP contribution is 2.47. The lowest BCUT2D eigenvalue weighted by Crippen LogP contribution is -2.44. The Kier molecular flexibility index (Phi) is 4.22. The predicted molar refractivity (Wildman–Crippen MR) is 81.5 cm³/mol. The van der Waals surface area contributed by atoms with Crippen molar-refractivity contribution >= 4 is 11.6 Å². The minimum absolute atomic E-state index is 0.165. The average molecular weight is 281 g/mol. The first kappa shape index (κ1) is 14.8. The lowest BCUT2D eigenvalue weighted by Gasteiger charge is -2.34. The minimum Gasteiger partial charge on any atom is -0.312 e. The molecular weight excluding hydrogens is 256 g/mol. The zero-order chi connectivity index (χ0) is 14.1. The molecule has 1 aromatic rings. The van der Waals surface area contributed by atoms with E-state index in [1.165, 1.54) is 18.4 Å². The van der Waals surface area contributed by atoms with Crippen molar-refractivity contribution in [3.8, 4) is 0 Å². The topological polar surface area (TPSA) is 24.9 Å². The fourth-order valence-corrected chi connectivity index (χ4v) is 2.77. The highest BCUT2D eigenvalue weighted by molar-refractivity contribution is 6.31. The zero-order valence-corrected chi connectivity index (χ0v) is 13.2. The first-order chi connectivity index (χ1) is 8.80. The molecule has 1 unspecified atom stereocenters. The van der Waals surface area contributed by atoms with E-state index in [-0.39, 0.29) is 11.0 Å². The van der Waals surface area contributed by atoms with Gasteiger partial charge in [-0.3, -0.25) is 4.98 Å². The molecule has 0 spiro atoms. The third-order valence-corrected chi connectivity index (χ3v) is 4.38. The molecule has 3 heteroatoms. The molecule has 1 fully saturated rings. The molecule has 0 amide bonds. The van der Waals surface area contributed by atoms with Crippen LogP contribution in [0.15, 0.2) is 18.5 Å². The van der Waals surface area contributed by atoms with Gasteiger partial charge in [0.25, 0.3) is 0 Å². The lowest BCUT2D eigenvalue weighted by molar-refractivity contribution is 0.227. The van der Waals surface area contributed by atoms with Gasteiger partial charge in [-0.1, -0.05) is 18.5 Å². The Balaban J connectivity index is 2.09. The number of nitrogens with one attached hydrogen (secondary N) is 1. The third kappa shape index (κ3) is 4.19. The second-order valence-corrected chi connectivity index (χ2v) is 7.58. The van der Waals surface area contributed by atoms with E-state index in [9.17, 15) is 0 Å². The van der Waals surface area contributed by atoms with Gasteiger partial charge in [0.2, 0.25) is 0 Å². The highest BCUT2D eigenvalue weighted by atomic mass is 35.5. The number of halogens is 1. The summed E-state index contributed by atoms with van der Waals surface area (Å²) in [5.41, 5.74) is 1.68. The summed E-state index contributed by atoms with van der Waals surface area (Å²) < 4.78 is 0. The molecule has 19 heavy (non-hydrogen) atoms. The predicted octanol–water partition coefficient (Wildman–Crippen LogP) is 4.08. The Morgan fingerprint density at radius 2 is 2.00 bits per heavy atom. The second kappa shape index (κ2) is 5.41. The van der Waals surface area contributed by atoms with Crippen LogP contribution >= 0.6 is 11.6 Å². The van der Waals surface area contributed by atoms with Crippen molar-refractivity contribution in [3.63, 3.8) is 0 Å². The summed E-state index contributed by atoms with van der Waals surface area (Å²) in [7, 11) is 0. The molecule has 0 bridgehead atoms. The molecule has 0 aliphatic heterocycles. The average Bonchev–Trinajstić information content (AvgIpc) is 3.13. The van der Waals surface area contributed by atoms with Gasteiger partial charge in [-0.15, -0.1) is 0 Å². The maximum atomic E-state index is 6.26. The van der Waals surface area contributed by atoms with Gasteiger partial charge in [0, 0.05) is 24.5 Å². The summed E-state index contributed by atoms with van der Waals surface area (Å²) >= 11 is 6.26. The number of nitrogens with zero attached hydrogens (tertiary/aromatic N) is 1. The first-order valence-corrected chi connectivity index (χ1v) is 7.51. The van der Waals surface area contributed by atoms with Gasteiger partial charge in [-0.25, -0.2) is 0 Å². The molecule has 1 saturated carbocycles. The van der Waals surface area contributed by atoms with Crippen LogP contribution in [-0.4, -0.2) is 17.1 Å². The molecule has 1 aliphatic carbocycles. The molecule has 1 N–H and O–H groups in total. The number of pyridine rings is 1. The van der Waals surface area contributed by atoms with Gasteiger partial charge in [-0.2, -0.15) is 0 Å². The molecule has 106 valence electrons. The number of hydrogen-bond donors (Lipinski definition) is 1. The largest absolute Gasteiger partial charge is 0.312 e. The smallest absolute Gasteiger partial charge is 0.0621 e. The summed E-state index contributed by atoms with van der Waals surface area (Å²) in [6.07, 6.45) is 7.32. The minimum atomic E-state index is 0.165. The van der Waals surface area contributed by atoms with Gasteiger partial charge < -0.3 is 5.32 Å². The van der Waals surface area contributed by atoms with Crippen molar-refractivity contribution in [2.24, 2.45) is 11.3 Å². The Morgan fingerprint density at radius 1 is 1.32 bits per heavy atom. The van der Waals surface area contributed by atoms with Crippen LogP contribution in [0.3, 0.4) is 0 Å². The van der Waals surface area contributed by atoms with Crippen LogP contribution in [-0.2, 0) is 6.42 Å². The summed E-state index contributed by atoms with van der Waals surface area (Å²) in [6.45, 7) is 10.1. The fourth-order valence-electron chi connectivity index (χ4n) is 2.58. The third-order valence-electron chi connectivity index (χ3n) is 4.04. The SMILES string of the molecule is CC(C)(C)NCC(C)(Cc1ccncc1Cl)C1CC1. The zero-order valence-electron chi connectivity index (χ0n) is 12.5. The molecule has 1 heterocycles. The molecule has 1 aromatic heterocycles. The monoisotopic (exact) mass is 280 g/mol. The van der Waals surface area contributed by atoms with E-state index < -0.39 is 0 Å². The summed E-state index contributed by atoms with van der Waals surface area (Å²) in [5, 5.41) is 4.46. The van der Waals surface area contributed by atoms with Crippen molar-refractivity contribution in [3.05, 3.63) is 29.0 Å². The Labute approximate surface area is 122 Å². The molecular formula is C16H25ClN2. The van der Waals surface area contributed by atoms with E-state index in [4.69, 9.17) is 11.6 Å². The molecule has 2 rings (SSSR count). The first-order valence-electron chi connectivity index (χ1n) is 7.14. The number of hydrogen-bond acceptors (Lipinski definition) is 2. The van der Waals surface area contributed by atoms with E-state index in [1.54, 1.807) is 6.20 Å². The van der Waals surface area contributed by atoms with Crippen LogP contribution in [0.5, 0.6) is 0 Å². The molecule has 0 saturated heterocycles. The quantitative estimate of drug-likeness (QED) is 0.879. The van der Waals surface area contributed by atoms with E-state index >= 15 is 0 Å². The van der Waals surface area contributed by atoms with Gasteiger partial charge in [0.05, 0.1) is 5.02 Å². The van der Waals surface area contributed by atoms with Crippen molar-refractivity contribution in [1.29, 1.82) is 0 Å². The normalized spacial score (nSPS) is 19.2. The van der Waals surface area contributed by atoms with Crippen molar-refractivity contribution in [2.45, 2.75) is 52.5 Å². The van der Waals surface area contributed by atoms with Gasteiger partial charge in [0.15, 0.2) is 0 Å². The molecule has 1 atom stereocenters. The number of rotatable bonds is 5. The van der Waals surface area contributed by atoms with E-state index in [0.717, 1.165) is 23.9 Å². The summed E-state index contributed by atoms with van der Waals surface area (Å²) in [5.74, 6) is 0.826. The molecule has 1 aliphatic rings. The molecule has 2 nitrogen and oxygen atoms in total. The maximum Gasteiger partial charge on any atom is 0.0621 e. The van der Waals surface area contributed by atoms with Crippen LogP contribution in [0.25, 0.3) is 0 Å². The summed E-state index contributed by atoms with van der Waals surface area (Å²) in [6, 6.07) is 2.06. The van der Waals surface area contributed by atoms with E-state index in [2.05, 4.69) is 44.1 Å². The highest BCUT2D eigenvalue weighted by Gasteiger charge is 2.41. The molecule has 0 radical (unpaired) electrons. The van der Waals surface area contributed by atoms with E-state index in [0.29, 0.717) is 0 Å². The second-order valence-electron chi connectivity index (χ2n) is 7.18. The Morgan fingerprint density at radius 3 is 2.53 bits per heavy atom. The van der Waals surface area contributed by atoms with Crippen molar-refractivity contribution in [1.82, 2.24) is 10.3 Å². The lowest BCUT2D eigenvalue weighted by atomic mass is 9.78. The standard InChI is InChI=1S/C16H25ClN2/c1-15(2,3)19-11-16(4,13-5-6-13)9-12-7-8-18-10-14(12)17/h7-8,10,13,19H,5-6,9,11H2,1-4H3. The maximum absolute atomic E-state index is 6.26. The van der Waals surface area contributed by atoms with E-state index in [1.807, 2.05) is 6.20 Å². The van der Waals surface area contributed by atoms with Gasteiger partial charge >= 0.3 is 0 Å².